The second-order valence-corrected chi connectivity index (χ2v) is 5.16. The van der Waals surface area contributed by atoms with Crippen molar-refractivity contribution in [3.63, 3.8) is 0 Å². The topological polar surface area (TPSA) is 93.2 Å². The van der Waals surface area contributed by atoms with Gasteiger partial charge in [0.25, 0.3) is 5.91 Å². The lowest BCUT2D eigenvalue weighted by Crippen LogP contribution is -2.26. The van der Waals surface area contributed by atoms with E-state index in [1.54, 1.807) is 43.5 Å². The van der Waals surface area contributed by atoms with E-state index in [0.29, 0.717) is 24.5 Å². The largest absolute Gasteiger partial charge is 0.385 e. The molecule has 1 aromatic heterocycles. The lowest BCUT2D eigenvalue weighted by Gasteiger charge is -2.07. The van der Waals surface area contributed by atoms with E-state index in [1.165, 1.54) is 6.92 Å². The minimum Gasteiger partial charge on any atom is -0.385 e. The third-order valence-electron chi connectivity index (χ3n) is 3.27. The van der Waals surface area contributed by atoms with E-state index in [9.17, 15) is 9.59 Å². The molecule has 0 atom stereocenters. The maximum atomic E-state index is 11.9. The molecule has 0 aliphatic carbocycles. The lowest BCUT2D eigenvalue weighted by molar-refractivity contribution is 0.0941. The third-order valence-corrected chi connectivity index (χ3v) is 3.27. The van der Waals surface area contributed by atoms with Crippen molar-refractivity contribution < 1.29 is 14.3 Å². The van der Waals surface area contributed by atoms with E-state index in [4.69, 9.17) is 4.74 Å². The molecule has 2 aromatic rings. The Bertz CT molecular complexity index is 684. The van der Waals surface area contributed by atoms with Gasteiger partial charge in [0.2, 0.25) is 0 Å². The van der Waals surface area contributed by atoms with Gasteiger partial charge in [0.1, 0.15) is 0 Å². The molecule has 0 aliphatic rings. The molecule has 0 spiro atoms. The molecular weight excluding hydrogens is 308 g/mol. The average molecular weight is 328 g/mol. The van der Waals surface area contributed by atoms with Crippen molar-refractivity contribution >= 4 is 23.2 Å². The van der Waals surface area contributed by atoms with Gasteiger partial charge in [-0.1, -0.05) is 0 Å². The van der Waals surface area contributed by atoms with Gasteiger partial charge in [0, 0.05) is 31.5 Å². The average Bonchev–Trinajstić information content (AvgIpc) is 2.59. The minimum absolute atomic E-state index is 0.0159. The number of rotatable bonds is 8. The summed E-state index contributed by atoms with van der Waals surface area (Å²) in [6.45, 7) is 2.64. The molecule has 7 nitrogen and oxygen atoms in total. The zero-order valence-electron chi connectivity index (χ0n) is 13.7. The smallest absolute Gasteiger partial charge is 0.271 e. The van der Waals surface area contributed by atoms with Crippen LogP contribution >= 0.6 is 0 Å². The zero-order chi connectivity index (χ0) is 17.4. The number of Topliss-reactive ketones (excluding diaryl/α,β-unsaturated/α-hetero) is 1. The molecule has 1 heterocycles. The van der Waals surface area contributed by atoms with Gasteiger partial charge in [-0.25, -0.2) is 0 Å². The molecule has 0 aliphatic heterocycles. The number of hydrogen-bond acceptors (Lipinski definition) is 6. The van der Waals surface area contributed by atoms with Gasteiger partial charge in [0.15, 0.2) is 17.3 Å². The monoisotopic (exact) mass is 328 g/mol. The Morgan fingerprint density at radius 1 is 1.08 bits per heavy atom. The van der Waals surface area contributed by atoms with Crippen molar-refractivity contribution in [1.82, 2.24) is 15.5 Å². The molecule has 1 aromatic carbocycles. The van der Waals surface area contributed by atoms with Crippen LogP contribution in [0, 0.1) is 0 Å². The fourth-order valence-electron chi connectivity index (χ4n) is 1.97. The summed E-state index contributed by atoms with van der Waals surface area (Å²) >= 11 is 0. The predicted octanol–water partition coefficient (Wildman–Crippen LogP) is 2.19. The lowest BCUT2D eigenvalue weighted by atomic mass is 10.1. The SMILES string of the molecule is COCCCNC(=O)c1ccc(Nc2ccc(C(C)=O)cc2)nn1. The molecule has 126 valence electrons. The fraction of sp³-hybridized carbons (Fsp3) is 0.294. The van der Waals surface area contributed by atoms with E-state index >= 15 is 0 Å². The number of nitrogens with one attached hydrogen (secondary N) is 2. The molecule has 0 fully saturated rings. The summed E-state index contributed by atoms with van der Waals surface area (Å²) < 4.78 is 4.92. The summed E-state index contributed by atoms with van der Waals surface area (Å²) in [4.78, 5) is 23.1. The highest BCUT2D eigenvalue weighted by atomic mass is 16.5. The number of hydrogen-bond donors (Lipinski definition) is 2. The van der Waals surface area contributed by atoms with Gasteiger partial charge < -0.3 is 15.4 Å². The standard InChI is InChI=1S/C17H20N4O3/c1-12(22)13-4-6-14(7-5-13)19-16-9-8-15(20-21-16)17(23)18-10-3-11-24-2/h4-9H,3,10-11H2,1-2H3,(H,18,23)(H,19,21). The quantitative estimate of drug-likeness (QED) is 0.570. The van der Waals surface area contributed by atoms with Gasteiger partial charge in [-0.05, 0) is 49.7 Å². The Kier molecular flexibility index (Phi) is 6.39. The van der Waals surface area contributed by atoms with Crippen molar-refractivity contribution in [2.24, 2.45) is 0 Å². The van der Waals surface area contributed by atoms with E-state index in [0.717, 1.165) is 12.1 Å². The van der Waals surface area contributed by atoms with E-state index in [2.05, 4.69) is 20.8 Å². The van der Waals surface area contributed by atoms with Crippen LogP contribution < -0.4 is 10.6 Å². The highest BCUT2D eigenvalue weighted by Gasteiger charge is 2.07. The zero-order valence-corrected chi connectivity index (χ0v) is 13.7. The van der Waals surface area contributed by atoms with Crippen LogP contribution in [0.1, 0.15) is 34.2 Å². The minimum atomic E-state index is -0.268. The molecule has 0 saturated carbocycles. The fourth-order valence-corrected chi connectivity index (χ4v) is 1.97. The van der Waals surface area contributed by atoms with E-state index in [-0.39, 0.29) is 17.4 Å². The molecular formula is C17H20N4O3. The van der Waals surface area contributed by atoms with Crippen LogP contribution in [0.5, 0.6) is 0 Å². The van der Waals surface area contributed by atoms with Crippen LogP contribution in [0.15, 0.2) is 36.4 Å². The van der Waals surface area contributed by atoms with Gasteiger partial charge in [-0.15, -0.1) is 10.2 Å². The Morgan fingerprint density at radius 2 is 1.83 bits per heavy atom. The molecule has 1 amide bonds. The summed E-state index contributed by atoms with van der Waals surface area (Å²) in [6, 6.07) is 10.3. The molecule has 0 saturated heterocycles. The number of anilines is 2. The van der Waals surface area contributed by atoms with Gasteiger partial charge >= 0.3 is 0 Å². The summed E-state index contributed by atoms with van der Waals surface area (Å²) in [5.41, 5.74) is 1.68. The first-order chi connectivity index (χ1) is 11.6. The molecule has 0 bridgehead atoms. The molecule has 0 radical (unpaired) electrons. The number of ether oxygens (including phenoxy) is 1. The van der Waals surface area contributed by atoms with Crippen LogP contribution in [0.3, 0.4) is 0 Å². The summed E-state index contributed by atoms with van der Waals surface area (Å²) in [7, 11) is 1.62. The van der Waals surface area contributed by atoms with Crippen LogP contribution in [0.4, 0.5) is 11.5 Å². The first-order valence-corrected chi connectivity index (χ1v) is 7.59. The Balaban J connectivity index is 1.91. The second kappa shape index (κ2) is 8.73. The van der Waals surface area contributed by atoms with Crippen LogP contribution in [-0.2, 0) is 4.74 Å². The number of nitrogens with zero attached hydrogens (tertiary/aromatic N) is 2. The molecule has 7 heteroatoms. The number of carbonyl (C=O) groups is 2. The van der Waals surface area contributed by atoms with Crippen LogP contribution in [0.2, 0.25) is 0 Å². The first-order valence-electron chi connectivity index (χ1n) is 7.59. The van der Waals surface area contributed by atoms with Crippen molar-refractivity contribution in [1.29, 1.82) is 0 Å². The molecule has 0 unspecified atom stereocenters. The predicted molar refractivity (Wildman–Crippen MR) is 90.6 cm³/mol. The van der Waals surface area contributed by atoms with Gasteiger partial charge in [0.05, 0.1) is 0 Å². The highest BCUT2D eigenvalue weighted by Crippen LogP contribution is 2.15. The van der Waals surface area contributed by atoms with E-state index < -0.39 is 0 Å². The summed E-state index contributed by atoms with van der Waals surface area (Å²) in [6.07, 6.45) is 0.742. The first kappa shape index (κ1) is 17.6. The molecule has 2 rings (SSSR count). The van der Waals surface area contributed by atoms with Crippen LogP contribution in [0.25, 0.3) is 0 Å². The Morgan fingerprint density at radius 3 is 2.42 bits per heavy atom. The number of methoxy groups -OCH3 is 1. The normalized spacial score (nSPS) is 10.2. The number of carbonyl (C=O) groups excluding carboxylic acids is 2. The van der Waals surface area contributed by atoms with Gasteiger partial charge in [-0.2, -0.15) is 0 Å². The van der Waals surface area contributed by atoms with Crippen molar-refractivity contribution in [3.8, 4) is 0 Å². The van der Waals surface area contributed by atoms with Crippen molar-refractivity contribution in [2.45, 2.75) is 13.3 Å². The summed E-state index contributed by atoms with van der Waals surface area (Å²) in [5.74, 6) is 0.264. The van der Waals surface area contributed by atoms with Crippen LogP contribution in [-0.4, -0.2) is 42.1 Å². The number of amides is 1. The third kappa shape index (κ3) is 5.13. The number of ketones is 1. The second-order valence-electron chi connectivity index (χ2n) is 5.16. The Labute approximate surface area is 140 Å². The number of aromatic nitrogens is 2. The molecule has 2 N–H and O–H groups in total. The van der Waals surface area contributed by atoms with Crippen molar-refractivity contribution in [2.75, 3.05) is 25.6 Å². The van der Waals surface area contributed by atoms with Crippen molar-refractivity contribution in [3.05, 3.63) is 47.7 Å². The Hall–Kier alpha value is -2.80. The number of benzene rings is 1. The van der Waals surface area contributed by atoms with E-state index in [1.807, 2.05) is 0 Å². The van der Waals surface area contributed by atoms with Gasteiger partial charge in [-0.3, -0.25) is 9.59 Å². The highest BCUT2D eigenvalue weighted by molar-refractivity contribution is 5.94. The maximum Gasteiger partial charge on any atom is 0.271 e. The summed E-state index contributed by atoms with van der Waals surface area (Å²) in [5, 5.41) is 13.7. The maximum absolute atomic E-state index is 11.9. The molecule has 24 heavy (non-hydrogen) atoms.